The summed E-state index contributed by atoms with van der Waals surface area (Å²) in [5.74, 6) is 1.70. The molecule has 2 N–H and O–H groups in total. The Labute approximate surface area is 167 Å². The molecule has 3 aromatic rings. The maximum absolute atomic E-state index is 12.5. The van der Waals surface area contributed by atoms with Crippen molar-refractivity contribution in [2.75, 3.05) is 17.7 Å². The average molecular weight is 395 g/mol. The van der Waals surface area contributed by atoms with E-state index >= 15 is 0 Å². The summed E-state index contributed by atoms with van der Waals surface area (Å²) < 4.78 is 5.26. The number of aromatic nitrogens is 2. The van der Waals surface area contributed by atoms with Gasteiger partial charge in [0.05, 0.1) is 18.4 Å². The molecule has 1 aliphatic rings. The van der Waals surface area contributed by atoms with Gasteiger partial charge < -0.3 is 15.4 Å². The molecule has 7 heteroatoms. The number of aryl methyl sites for hydroxylation is 1. The zero-order valence-electron chi connectivity index (χ0n) is 15.3. The van der Waals surface area contributed by atoms with Crippen molar-refractivity contribution in [3.05, 3.63) is 64.8 Å². The topological polar surface area (TPSA) is 76.1 Å². The van der Waals surface area contributed by atoms with Crippen molar-refractivity contribution in [2.24, 2.45) is 0 Å². The molecule has 0 saturated carbocycles. The summed E-state index contributed by atoms with van der Waals surface area (Å²) >= 11 is 6.09. The van der Waals surface area contributed by atoms with E-state index in [2.05, 4.69) is 20.6 Å². The first kappa shape index (κ1) is 18.3. The number of Topliss-reactive ketones (excluding diaryl/α,β-unsaturated/α-hetero) is 1. The lowest BCUT2D eigenvalue weighted by Crippen LogP contribution is -2.17. The predicted molar refractivity (Wildman–Crippen MR) is 110 cm³/mol. The van der Waals surface area contributed by atoms with Gasteiger partial charge in [0.2, 0.25) is 5.95 Å². The fourth-order valence-corrected chi connectivity index (χ4v) is 3.39. The fraction of sp³-hybridized carbons (Fsp3) is 0.190. The molecule has 142 valence electrons. The molecule has 0 saturated heterocycles. The van der Waals surface area contributed by atoms with E-state index in [1.54, 1.807) is 19.2 Å². The van der Waals surface area contributed by atoms with Gasteiger partial charge in [-0.1, -0.05) is 23.7 Å². The first-order chi connectivity index (χ1) is 13.6. The molecule has 0 radical (unpaired) electrons. The minimum absolute atomic E-state index is 0.0544. The number of ketones is 1. The van der Waals surface area contributed by atoms with Crippen molar-refractivity contribution in [2.45, 2.75) is 19.3 Å². The molecule has 0 unspecified atom stereocenters. The zero-order chi connectivity index (χ0) is 19.5. The zero-order valence-corrected chi connectivity index (χ0v) is 16.1. The number of methoxy groups -OCH3 is 1. The monoisotopic (exact) mass is 394 g/mol. The lowest BCUT2D eigenvalue weighted by atomic mass is 9.95. The largest absolute Gasteiger partial charge is 0.497 e. The van der Waals surface area contributed by atoms with Crippen LogP contribution < -0.4 is 15.4 Å². The molecule has 2 aromatic carbocycles. The third kappa shape index (κ3) is 3.92. The van der Waals surface area contributed by atoms with Crippen LogP contribution >= 0.6 is 11.6 Å². The van der Waals surface area contributed by atoms with Crippen LogP contribution in [0.2, 0.25) is 5.02 Å². The number of ether oxygens (including phenoxy) is 1. The molecule has 0 bridgehead atoms. The average Bonchev–Trinajstić information content (AvgIpc) is 2.68. The first-order valence-electron chi connectivity index (χ1n) is 9.00. The van der Waals surface area contributed by atoms with Crippen molar-refractivity contribution in [3.63, 3.8) is 0 Å². The van der Waals surface area contributed by atoms with Crippen molar-refractivity contribution >= 4 is 40.5 Å². The molecule has 28 heavy (non-hydrogen) atoms. The highest BCUT2D eigenvalue weighted by Gasteiger charge is 2.24. The predicted octanol–water partition coefficient (Wildman–Crippen LogP) is 5.14. The minimum Gasteiger partial charge on any atom is -0.497 e. The smallest absolute Gasteiger partial charge is 0.229 e. The van der Waals surface area contributed by atoms with Crippen molar-refractivity contribution in [1.29, 1.82) is 0 Å². The van der Waals surface area contributed by atoms with Crippen LogP contribution in [0.1, 0.15) is 28.9 Å². The molecule has 6 nitrogen and oxygen atoms in total. The summed E-state index contributed by atoms with van der Waals surface area (Å²) in [6.07, 6.45) is 2.03. The Balaban J connectivity index is 1.72. The van der Waals surface area contributed by atoms with Crippen LogP contribution in [0.15, 0.2) is 48.5 Å². The number of carbonyl (C=O) groups is 1. The number of fused-ring (bicyclic) bond motifs is 1. The van der Waals surface area contributed by atoms with Crippen LogP contribution in [-0.4, -0.2) is 22.9 Å². The fourth-order valence-electron chi connectivity index (χ4n) is 3.20. The van der Waals surface area contributed by atoms with Crippen molar-refractivity contribution in [1.82, 2.24) is 9.97 Å². The molecule has 0 fully saturated rings. The Hall–Kier alpha value is -3.12. The van der Waals surface area contributed by atoms with Crippen molar-refractivity contribution in [3.8, 4) is 5.75 Å². The van der Waals surface area contributed by atoms with Gasteiger partial charge in [0.15, 0.2) is 5.78 Å². The SMILES string of the molecule is COc1cccc(Nc2nc3c(c(Nc4cccc(Cl)c4)n2)C(=O)CCC3)c1. The minimum atomic E-state index is 0.0544. The van der Waals surface area contributed by atoms with E-state index in [0.717, 1.165) is 35.7 Å². The highest BCUT2D eigenvalue weighted by Crippen LogP contribution is 2.30. The van der Waals surface area contributed by atoms with E-state index in [0.29, 0.717) is 28.8 Å². The summed E-state index contributed by atoms with van der Waals surface area (Å²) in [7, 11) is 1.62. The van der Waals surface area contributed by atoms with Crippen LogP contribution in [0.25, 0.3) is 0 Å². The standard InChI is InChI=1S/C21H19ClN4O2/c1-28-16-8-3-7-15(12-16)24-21-25-17-9-4-10-18(27)19(17)20(26-21)23-14-6-2-5-13(22)11-14/h2-3,5-8,11-12H,4,9-10H2,1H3,(H2,23,24,25,26). The van der Waals surface area contributed by atoms with Crippen LogP contribution in [0.4, 0.5) is 23.1 Å². The quantitative estimate of drug-likeness (QED) is 0.623. The third-order valence-corrected chi connectivity index (χ3v) is 4.73. The lowest BCUT2D eigenvalue weighted by molar-refractivity contribution is 0.0972. The summed E-state index contributed by atoms with van der Waals surface area (Å²) in [5, 5.41) is 7.04. The van der Waals surface area contributed by atoms with Gasteiger partial charge in [-0.2, -0.15) is 4.98 Å². The Morgan fingerprint density at radius 2 is 1.79 bits per heavy atom. The third-order valence-electron chi connectivity index (χ3n) is 4.49. The van der Waals surface area contributed by atoms with E-state index in [4.69, 9.17) is 16.3 Å². The molecule has 1 aromatic heterocycles. The molecule has 1 heterocycles. The van der Waals surface area contributed by atoms with Gasteiger partial charge in [0.25, 0.3) is 0 Å². The van der Waals surface area contributed by atoms with E-state index in [-0.39, 0.29) is 5.78 Å². The number of hydrogen-bond acceptors (Lipinski definition) is 6. The number of hydrogen-bond donors (Lipinski definition) is 2. The van der Waals surface area contributed by atoms with Gasteiger partial charge in [0.1, 0.15) is 11.6 Å². The number of halogens is 1. The van der Waals surface area contributed by atoms with Gasteiger partial charge in [-0.3, -0.25) is 4.79 Å². The second-order valence-corrected chi connectivity index (χ2v) is 6.92. The van der Waals surface area contributed by atoms with Gasteiger partial charge in [-0.15, -0.1) is 0 Å². The van der Waals surface area contributed by atoms with Crippen LogP contribution in [-0.2, 0) is 6.42 Å². The first-order valence-corrected chi connectivity index (χ1v) is 9.38. The number of rotatable bonds is 5. The molecule has 0 aliphatic heterocycles. The Bertz CT molecular complexity index is 1040. The number of anilines is 4. The molecular formula is C21H19ClN4O2. The van der Waals surface area contributed by atoms with Gasteiger partial charge in [-0.05, 0) is 43.2 Å². The molecule has 1 aliphatic carbocycles. The summed E-state index contributed by atoms with van der Waals surface area (Å²) in [5.41, 5.74) is 2.87. The van der Waals surface area contributed by atoms with E-state index < -0.39 is 0 Å². The van der Waals surface area contributed by atoms with E-state index in [9.17, 15) is 4.79 Å². The normalized spacial score (nSPS) is 13.0. The Morgan fingerprint density at radius 1 is 1.00 bits per heavy atom. The maximum atomic E-state index is 12.5. The van der Waals surface area contributed by atoms with Crippen LogP contribution in [0.5, 0.6) is 5.75 Å². The highest BCUT2D eigenvalue weighted by atomic mass is 35.5. The van der Waals surface area contributed by atoms with Crippen molar-refractivity contribution < 1.29 is 9.53 Å². The van der Waals surface area contributed by atoms with Gasteiger partial charge in [0, 0.05) is 28.9 Å². The second kappa shape index (κ2) is 7.86. The number of carbonyl (C=O) groups excluding carboxylic acids is 1. The van der Waals surface area contributed by atoms with Gasteiger partial charge >= 0.3 is 0 Å². The second-order valence-electron chi connectivity index (χ2n) is 6.49. The number of nitrogens with one attached hydrogen (secondary N) is 2. The van der Waals surface area contributed by atoms with Crippen LogP contribution in [0, 0.1) is 0 Å². The number of nitrogens with zero attached hydrogens (tertiary/aromatic N) is 2. The number of benzene rings is 2. The maximum Gasteiger partial charge on any atom is 0.229 e. The molecule has 0 spiro atoms. The highest BCUT2D eigenvalue weighted by molar-refractivity contribution is 6.30. The molecular weight excluding hydrogens is 376 g/mol. The summed E-state index contributed by atoms with van der Waals surface area (Å²) in [6, 6.07) is 14.8. The molecule has 0 amide bonds. The summed E-state index contributed by atoms with van der Waals surface area (Å²) in [4.78, 5) is 21.7. The Kier molecular flexibility index (Phi) is 5.12. The van der Waals surface area contributed by atoms with Crippen LogP contribution in [0.3, 0.4) is 0 Å². The Morgan fingerprint density at radius 3 is 2.57 bits per heavy atom. The van der Waals surface area contributed by atoms with Gasteiger partial charge in [-0.25, -0.2) is 4.98 Å². The van der Waals surface area contributed by atoms with E-state index in [1.165, 1.54) is 0 Å². The summed E-state index contributed by atoms with van der Waals surface area (Å²) in [6.45, 7) is 0. The lowest BCUT2D eigenvalue weighted by Gasteiger charge is -2.19. The van der Waals surface area contributed by atoms with E-state index in [1.807, 2.05) is 36.4 Å². The molecule has 4 rings (SSSR count). The molecule has 0 atom stereocenters.